The molecule has 0 radical (unpaired) electrons. The van der Waals surface area contributed by atoms with E-state index in [9.17, 15) is 13.2 Å². The molecular formula is C14H16N2O4S2. The molecule has 8 heteroatoms. The van der Waals surface area contributed by atoms with Crippen molar-refractivity contribution in [2.45, 2.75) is 13.3 Å². The Labute approximate surface area is 133 Å². The van der Waals surface area contributed by atoms with Crippen molar-refractivity contribution in [1.82, 2.24) is 9.71 Å². The van der Waals surface area contributed by atoms with Crippen LogP contribution in [-0.2, 0) is 21.2 Å². The monoisotopic (exact) mass is 340 g/mol. The number of thiazole rings is 1. The number of amides is 1. The second-order valence-electron chi connectivity index (χ2n) is 4.58. The summed E-state index contributed by atoms with van der Waals surface area (Å²) in [6.45, 7) is 2.53. The molecule has 0 aliphatic rings. The highest BCUT2D eigenvalue weighted by atomic mass is 32.2. The van der Waals surface area contributed by atoms with Gasteiger partial charge in [0, 0.05) is 10.9 Å². The number of carbonyl (C=O) groups excluding carboxylic acids is 1. The molecule has 1 N–H and O–H groups in total. The fourth-order valence-corrected chi connectivity index (χ4v) is 3.10. The van der Waals surface area contributed by atoms with Crippen LogP contribution in [0.2, 0.25) is 0 Å². The molecule has 0 atom stereocenters. The van der Waals surface area contributed by atoms with Crippen LogP contribution in [-0.4, -0.2) is 32.2 Å². The van der Waals surface area contributed by atoms with Gasteiger partial charge < -0.3 is 4.74 Å². The van der Waals surface area contributed by atoms with Gasteiger partial charge in [-0.25, -0.2) is 13.4 Å². The Morgan fingerprint density at radius 2 is 2.00 bits per heavy atom. The number of nitrogens with zero attached hydrogens (tertiary/aromatic N) is 1. The van der Waals surface area contributed by atoms with Crippen molar-refractivity contribution in [3.63, 3.8) is 0 Å². The number of ether oxygens (including phenoxy) is 1. The van der Waals surface area contributed by atoms with Crippen LogP contribution in [0, 0.1) is 0 Å². The van der Waals surface area contributed by atoms with Crippen molar-refractivity contribution < 1.29 is 17.9 Å². The summed E-state index contributed by atoms with van der Waals surface area (Å²) in [5, 5.41) is 2.51. The number of sulfonamides is 1. The van der Waals surface area contributed by atoms with Gasteiger partial charge in [0.15, 0.2) is 0 Å². The summed E-state index contributed by atoms with van der Waals surface area (Å²) in [6.07, 6.45) is 0.873. The molecule has 0 fully saturated rings. The zero-order valence-corrected chi connectivity index (χ0v) is 13.8. The molecule has 1 amide bonds. The largest absolute Gasteiger partial charge is 0.494 e. The Balaban J connectivity index is 2.06. The van der Waals surface area contributed by atoms with E-state index in [0.717, 1.165) is 22.6 Å². The van der Waals surface area contributed by atoms with Crippen LogP contribution in [0.5, 0.6) is 5.75 Å². The highest BCUT2D eigenvalue weighted by molar-refractivity contribution is 7.89. The van der Waals surface area contributed by atoms with Gasteiger partial charge in [-0.15, -0.1) is 11.3 Å². The summed E-state index contributed by atoms with van der Waals surface area (Å²) >= 11 is 1.40. The third-order valence-corrected chi connectivity index (χ3v) is 4.14. The van der Waals surface area contributed by atoms with E-state index >= 15 is 0 Å². The standard InChI is InChI=1S/C14H16N2O4S2/c1-3-20-12-6-4-10(5-7-12)14-15-11(9-21-14)8-13(17)16-22(2,18)19/h4-7,9H,3,8H2,1-2H3,(H,16,17). The average Bonchev–Trinajstić information content (AvgIpc) is 2.86. The first-order valence-electron chi connectivity index (χ1n) is 6.55. The molecule has 0 spiro atoms. The van der Waals surface area contributed by atoms with E-state index in [2.05, 4.69) is 4.98 Å². The maximum absolute atomic E-state index is 11.5. The van der Waals surface area contributed by atoms with Crippen molar-refractivity contribution in [2.24, 2.45) is 0 Å². The zero-order valence-electron chi connectivity index (χ0n) is 12.2. The van der Waals surface area contributed by atoms with E-state index in [1.807, 2.05) is 35.9 Å². The molecule has 0 bridgehead atoms. The zero-order chi connectivity index (χ0) is 16.2. The maximum atomic E-state index is 11.5. The molecule has 1 heterocycles. The molecule has 0 saturated carbocycles. The molecular weight excluding hydrogens is 324 g/mol. The minimum atomic E-state index is -3.54. The lowest BCUT2D eigenvalue weighted by atomic mass is 10.2. The van der Waals surface area contributed by atoms with Crippen molar-refractivity contribution in [3.8, 4) is 16.3 Å². The molecule has 0 unspecified atom stereocenters. The van der Waals surface area contributed by atoms with Gasteiger partial charge in [0.05, 0.1) is 25.0 Å². The topological polar surface area (TPSA) is 85.4 Å². The predicted molar refractivity (Wildman–Crippen MR) is 85.4 cm³/mol. The van der Waals surface area contributed by atoms with Crippen molar-refractivity contribution in [1.29, 1.82) is 0 Å². The molecule has 22 heavy (non-hydrogen) atoms. The SMILES string of the molecule is CCOc1ccc(-c2nc(CC(=O)NS(C)(=O)=O)cs2)cc1. The van der Waals surface area contributed by atoms with Crippen LogP contribution in [0.4, 0.5) is 0 Å². The molecule has 118 valence electrons. The third kappa shape index (κ3) is 4.81. The predicted octanol–water partition coefficient (Wildman–Crippen LogP) is 1.83. The molecule has 2 aromatic rings. The average molecular weight is 340 g/mol. The van der Waals surface area contributed by atoms with Gasteiger partial charge in [-0.2, -0.15) is 0 Å². The highest BCUT2D eigenvalue weighted by Gasteiger charge is 2.12. The van der Waals surface area contributed by atoms with E-state index < -0.39 is 15.9 Å². The van der Waals surface area contributed by atoms with E-state index in [0.29, 0.717) is 12.3 Å². The quantitative estimate of drug-likeness (QED) is 0.867. The lowest BCUT2D eigenvalue weighted by molar-refractivity contribution is -0.118. The van der Waals surface area contributed by atoms with E-state index in [-0.39, 0.29) is 6.42 Å². The highest BCUT2D eigenvalue weighted by Crippen LogP contribution is 2.25. The van der Waals surface area contributed by atoms with E-state index in [1.54, 1.807) is 5.38 Å². The van der Waals surface area contributed by atoms with Crippen LogP contribution in [0.15, 0.2) is 29.6 Å². The first-order valence-corrected chi connectivity index (χ1v) is 9.32. The normalized spacial score (nSPS) is 11.2. The molecule has 1 aromatic heterocycles. The fourth-order valence-electron chi connectivity index (χ4n) is 1.79. The molecule has 2 rings (SSSR count). The van der Waals surface area contributed by atoms with E-state index in [4.69, 9.17) is 4.74 Å². The molecule has 6 nitrogen and oxygen atoms in total. The first-order chi connectivity index (χ1) is 10.4. The van der Waals surface area contributed by atoms with Gasteiger partial charge in [0.2, 0.25) is 15.9 Å². The number of carbonyl (C=O) groups is 1. The number of hydrogen-bond acceptors (Lipinski definition) is 6. The fraction of sp³-hybridized carbons (Fsp3) is 0.286. The number of hydrogen-bond donors (Lipinski definition) is 1. The number of benzene rings is 1. The van der Waals surface area contributed by atoms with Crippen molar-refractivity contribution >= 4 is 27.3 Å². The summed E-state index contributed by atoms with van der Waals surface area (Å²) in [7, 11) is -3.54. The minimum Gasteiger partial charge on any atom is -0.494 e. The number of aromatic nitrogens is 1. The van der Waals surface area contributed by atoms with Crippen LogP contribution in [0.25, 0.3) is 10.6 Å². The summed E-state index contributed by atoms with van der Waals surface area (Å²) in [5.41, 5.74) is 1.46. The van der Waals surface area contributed by atoms with Gasteiger partial charge in [0.25, 0.3) is 0 Å². The minimum absolute atomic E-state index is 0.0688. The Kier molecular flexibility index (Phi) is 5.15. The Hall–Kier alpha value is -1.93. The smallest absolute Gasteiger partial charge is 0.239 e. The van der Waals surface area contributed by atoms with Gasteiger partial charge in [-0.3, -0.25) is 9.52 Å². The van der Waals surface area contributed by atoms with Gasteiger partial charge in [-0.1, -0.05) is 0 Å². The maximum Gasteiger partial charge on any atom is 0.239 e. The number of rotatable bonds is 6. The van der Waals surface area contributed by atoms with Crippen LogP contribution >= 0.6 is 11.3 Å². The second-order valence-corrected chi connectivity index (χ2v) is 7.18. The summed E-state index contributed by atoms with van der Waals surface area (Å²) < 4.78 is 29.3. The summed E-state index contributed by atoms with van der Waals surface area (Å²) in [4.78, 5) is 15.9. The molecule has 0 saturated heterocycles. The molecule has 0 aliphatic carbocycles. The van der Waals surface area contributed by atoms with Crippen LogP contribution in [0.3, 0.4) is 0 Å². The molecule has 1 aromatic carbocycles. The molecule has 0 aliphatic heterocycles. The Morgan fingerprint density at radius 3 is 2.59 bits per heavy atom. The Bertz CT molecular complexity index is 751. The third-order valence-electron chi connectivity index (χ3n) is 2.60. The number of nitrogens with one attached hydrogen (secondary N) is 1. The van der Waals surface area contributed by atoms with Crippen molar-refractivity contribution in [2.75, 3.05) is 12.9 Å². The first kappa shape index (κ1) is 16.4. The summed E-state index contributed by atoms with van der Waals surface area (Å²) in [5.74, 6) is 0.196. The van der Waals surface area contributed by atoms with Crippen molar-refractivity contribution in [3.05, 3.63) is 35.3 Å². The lowest BCUT2D eigenvalue weighted by Crippen LogP contribution is -2.30. The summed E-state index contributed by atoms with van der Waals surface area (Å²) in [6, 6.07) is 7.50. The van der Waals surface area contributed by atoms with Gasteiger partial charge >= 0.3 is 0 Å². The van der Waals surface area contributed by atoms with Crippen LogP contribution in [0.1, 0.15) is 12.6 Å². The van der Waals surface area contributed by atoms with Crippen LogP contribution < -0.4 is 9.46 Å². The Morgan fingerprint density at radius 1 is 1.32 bits per heavy atom. The van der Waals surface area contributed by atoms with E-state index in [1.165, 1.54) is 11.3 Å². The van der Waals surface area contributed by atoms with Gasteiger partial charge in [-0.05, 0) is 31.2 Å². The van der Waals surface area contributed by atoms with Gasteiger partial charge in [0.1, 0.15) is 10.8 Å². The lowest BCUT2D eigenvalue weighted by Gasteiger charge is -2.03. The second kappa shape index (κ2) is 6.89.